The zero-order chi connectivity index (χ0) is 14.6. The molecule has 0 aliphatic carbocycles. The van der Waals surface area contributed by atoms with Crippen molar-refractivity contribution in [3.63, 3.8) is 0 Å². The fourth-order valence-electron chi connectivity index (χ4n) is 2.49. The molecule has 0 spiro atoms. The van der Waals surface area contributed by atoms with Crippen molar-refractivity contribution >= 4 is 10.2 Å². The molecule has 1 atom stereocenters. The molecule has 1 heterocycles. The van der Waals surface area contributed by atoms with Crippen LogP contribution in [0.25, 0.3) is 0 Å². The first-order chi connectivity index (χ1) is 9.54. The number of rotatable bonds is 5. The van der Waals surface area contributed by atoms with E-state index >= 15 is 0 Å². The van der Waals surface area contributed by atoms with Crippen LogP contribution in [-0.4, -0.2) is 42.7 Å². The van der Waals surface area contributed by atoms with Crippen LogP contribution in [0.3, 0.4) is 0 Å². The zero-order valence-corrected chi connectivity index (χ0v) is 12.7. The van der Waals surface area contributed by atoms with Crippen LogP contribution in [0.1, 0.15) is 25.3 Å². The van der Waals surface area contributed by atoms with Gasteiger partial charge in [-0.15, -0.1) is 0 Å². The Kier molecular flexibility index (Phi) is 5.15. The number of piperidine rings is 1. The molecule has 6 heteroatoms. The van der Waals surface area contributed by atoms with Crippen molar-refractivity contribution in [1.29, 1.82) is 0 Å². The molecule has 5 nitrogen and oxygen atoms in total. The van der Waals surface area contributed by atoms with Crippen LogP contribution in [0.15, 0.2) is 30.3 Å². The zero-order valence-electron chi connectivity index (χ0n) is 11.9. The lowest BCUT2D eigenvalue weighted by atomic mass is 10.1. The van der Waals surface area contributed by atoms with Gasteiger partial charge in [-0.05, 0) is 18.4 Å². The van der Waals surface area contributed by atoms with Crippen LogP contribution < -0.4 is 5.73 Å². The standard InChI is InChI=1S/C14H23N3O2S/c1-2-16(11-13-7-4-3-5-8-13)20(18,19)17-10-6-9-14(15)12-17/h3-5,7-8,14H,2,6,9-12,15H2,1H3. The second-order valence-corrected chi connectivity index (χ2v) is 7.11. The molecule has 0 bridgehead atoms. The van der Waals surface area contributed by atoms with Gasteiger partial charge in [0.15, 0.2) is 0 Å². The molecule has 0 aromatic heterocycles. The predicted molar refractivity (Wildman–Crippen MR) is 80.2 cm³/mol. The highest BCUT2D eigenvalue weighted by Gasteiger charge is 2.31. The third kappa shape index (κ3) is 3.58. The van der Waals surface area contributed by atoms with E-state index in [1.807, 2.05) is 37.3 Å². The fourth-order valence-corrected chi connectivity index (χ4v) is 4.20. The van der Waals surface area contributed by atoms with Gasteiger partial charge in [0.05, 0.1) is 0 Å². The minimum atomic E-state index is -3.42. The van der Waals surface area contributed by atoms with Gasteiger partial charge < -0.3 is 5.73 Å². The van der Waals surface area contributed by atoms with E-state index in [0.717, 1.165) is 18.4 Å². The molecule has 1 unspecified atom stereocenters. The van der Waals surface area contributed by atoms with E-state index in [9.17, 15) is 8.42 Å². The van der Waals surface area contributed by atoms with Crippen molar-refractivity contribution in [2.24, 2.45) is 5.73 Å². The highest BCUT2D eigenvalue weighted by Crippen LogP contribution is 2.18. The van der Waals surface area contributed by atoms with Crippen LogP contribution >= 0.6 is 0 Å². The summed E-state index contributed by atoms with van der Waals surface area (Å²) in [6.07, 6.45) is 1.74. The maximum absolute atomic E-state index is 12.7. The third-order valence-corrected chi connectivity index (χ3v) is 5.65. The van der Waals surface area contributed by atoms with Gasteiger partial charge in [-0.25, -0.2) is 0 Å². The van der Waals surface area contributed by atoms with E-state index < -0.39 is 10.2 Å². The van der Waals surface area contributed by atoms with Crippen LogP contribution in [0.5, 0.6) is 0 Å². The predicted octanol–water partition coefficient (Wildman–Crippen LogP) is 1.18. The summed E-state index contributed by atoms with van der Waals surface area (Å²) in [4.78, 5) is 0. The Morgan fingerprint density at radius 2 is 2.05 bits per heavy atom. The number of benzene rings is 1. The van der Waals surface area contributed by atoms with Gasteiger partial charge in [0, 0.05) is 32.2 Å². The summed E-state index contributed by atoms with van der Waals surface area (Å²) < 4.78 is 28.4. The first kappa shape index (κ1) is 15.4. The molecule has 0 saturated carbocycles. The van der Waals surface area contributed by atoms with E-state index in [0.29, 0.717) is 26.2 Å². The quantitative estimate of drug-likeness (QED) is 0.887. The van der Waals surface area contributed by atoms with E-state index in [-0.39, 0.29) is 6.04 Å². The molecule has 1 saturated heterocycles. The topological polar surface area (TPSA) is 66.6 Å². The summed E-state index contributed by atoms with van der Waals surface area (Å²) >= 11 is 0. The molecular formula is C14H23N3O2S. The van der Waals surface area contributed by atoms with Crippen LogP contribution in [0, 0.1) is 0 Å². The van der Waals surface area contributed by atoms with E-state index in [2.05, 4.69) is 0 Å². The first-order valence-electron chi connectivity index (χ1n) is 7.08. The number of hydrogen-bond donors (Lipinski definition) is 1. The minimum absolute atomic E-state index is 0.0473. The highest BCUT2D eigenvalue weighted by molar-refractivity contribution is 7.86. The van der Waals surface area contributed by atoms with Crippen LogP contribution in [0.4, 0.5) is 0 Å². The van der Waals surface area contributed by atoms with Crippen molar-refractivity contribution in [1.82, 2.24) is 8.61 Å². The second kappa shape index (κ2) is 6.67. The Morgan fingerprint density at radius 3 is 2.65 bits per heavy atom. The monoisotopic (exact) mass is 297 g/mol. The summed E-state index contributed by atoms with van der Waals surface area (Å²) in [5.41, 5.74) is 6.89. The molecular weight excluding hydrogens is 274 g/mol. The van der Waals surface area contributed by atoms with Crippen molar-refractivity contribution in [2.75, 3.05) is 19.6 Å². The molecule has 0 radical (unpaired) electrons. The van der Waals surface area contributed by atoms with E-state index in [1.165, 1.54) is 8.61 Å². The Bertz CT molecular complexity index is 518. The van der Waals surface area contributed by atoms with Gasteiger partial charge in [0.1, 0.15) is 0 Å². The van der Waals surface area contributed by atoms with Gasteiger partial charge >= 0.3 is 0 Å². The number of hydrogen-bond acceptors (Lipinski definition) is 3. The van der Waals surface area contributed by atoms with Crippen molar-refractivity contribution in [2.45, 2.75) is 32.4 Å². The molecule has 112 valence electrons. The summed E-state index contributed by atoms with van der Waals surface area (Å²) in [7, 11) is -3.42. The van der Waals surface area contributed by atoms with Gasteiger partial charge in [0.2, 0.25) is 0 Å². The molecule has 1 fully saturated rings. The van der Waals surface area contributed by atoms with Gasteiger partial charge in [-0.2, -0.15) is 17.0 Å². The third-order valence-electron chi connectivity index (χ3n) is 3.63. The molecule has 1 aliphatic heterocycles. The molecule has 1 aromatic rings. The minimum Gasteiger partial charge on any atom is -0.327 e. The van der Waals surface area contributed by atoms with Crippen molar-refractivity contribution in [3.8, 4) is 0 Å². The van der Waals surface area contributed by atoms with E-state index in [1.54, 1.807) is 0 Å². The summed E-state index contributed by atoms with van der Waals surface area (Å²) in [5.74, 6) is 0. The highest BCUT2D eigenvalue weighted by atomic mass is 32.2. The Morgan fingerprint density at radius 1 is 1.35 bits per heavy atom. The molecule has 20 heavy (non-hydrogen) atoms. The lowest BCUT2D eigenvalue weighted by molar-refractivity contribution is 0.284. The lowest BCUT2D eigenvalue weighted by Crippen LogP contribution is -2.50. The summed E-state index contributed by atoms with van der Waals surface area (Å²) in [6, 6.07) is 9.62. The molecule has 0 amide bonds. The van der Waals surface area contributed by atoms with Crippen LogP contribution in [0.2, 0.25) is 0 Å². The second-order valence-electron chi connectivity index (χ2n) is 5.18. The maximum atomic E-state index is 12.7. The van der Waals surface area contributed by atoms with E-state index in [4.69, 9.17) is 5.73 Å². The number of nitrogens with two attached hydrogens (primary N) is 1. The summed E-state index contributed by atoms with van der Waals surface area (Å²) in [6.45, 7) is 3.73. The molecule has 1 aromatic carbocycles. The smallest absolute Gasteiger partial charge is 0.282 e. The average molecular weight is 297 g/mol. The van der Waals surface area contributed by atoms with Gasteiger partial charge in [0.25, 0.3) is 10.2 Å². The van der Waals surface area contributed by atoms with Crippen LogP contribution in [-0.2, 0) is 16.8 Å². The first-order valence-corrected chi connectivity index (χ1v) is 8.48. The SMILES string of the molecule is CCN(Cc1ccccc1)S(=O)(=O)N1CCCC(N)C1. The van der Waals surface area contributed by atoms with Crippen molar-refractivity contribution in [3.05, 3.63) is 35.9 Å². The Balaban J connectivity index is 2.13. The summed E-state index contributed by atoms with van der Waals surface area (Å²) in [5, 5.41) is 0. The molecule has 2 N–H and O–H groups in total. The Hall–Kier alpha value is -0.950. The maximum Gasteiger partial charge on any atom is 0.282 e. The molecule has 1 aliphatic rings. The number of nitrogens with zero attached hydrogens (tertiary/aromatic N) is 2. The fraction of sp³-hybridized carbons (Fsp3) is 0.571. The van der Waals surface area contributed by atoms with Gasteiger partial charge in [-0.1, -0.05) is 37.3 Å². The Labute approximate surface area is 121 Å². The normalized spacial score (nSPS) is 21.2. The molecule has 2 rings (SSSR count). The average Bonchev–Trinajstić information content (AvgIpc) is 2.45. The largest absolute Gasteiger partial charge is 0.327 e. The van der Waals surface area contributed by atoms with Crippen molar-refractivity contribution < 1.29 is 8.42 Å². The van der Waals surface area contributed by atoms with Gasteiger partial charge in [-0.3, -0.25) is 0 Å². The lowest BCUT2D eigenvalue weighted by Gasteiger charge is -2.34.